The van der Waals surface area contributed by atoms with Crippen LogP contribution in [0.15, 0.2) is 24.3 Å². The molecule has 1 atom stereocenters. The molecule has 76 valence electrons. The lowest BCUT2D eigenvalue weighted by atomic mass is 10.2. The number of hydrogen-bond donors (Lipinski definition) is 0. The van der Waals surface area contributed by atoms with E-state index in [0.29, 0.717) is 6.10 Å². The monoisotopic (exact) mass is 191 g/mol. The Bertz CT molecular complexity index is 311. The van der Waals surface area contributed by atoms with Gasteiger partial charge in [0.25, 0.3) is 0 Å². The maximum absolute atomic E-state index is 5.93. The Hall–Kier alpha value is -1.02. The minimum absolute atomic E-state index is 0.376. The third-order valence-electron chi connectivity index (χ3n) is 2.74. The van der Waals surface area contributed by atoms with E-state index >= 15 is 0 Å². The van der Waals surface area contributed by atoms with Gasteiger partial charge in [-0.2, -0.15) is 0 Å². The number of benzene rings is 1. The second kappa shape index (κ2) is 4.01. The molecule has 0 bridgehead atoms. The fraction of sp³-hybridized carbons (Fsp3) is 0.500. The van der Waals surface area contributed by atoms with Crippen LogP contribution in [0.1, 0.15) is 12.0 Å². The Morgan fingerprint density at radius 1 is 1.36 bits per heavy atom. The minimum atomic E-state index is 0.376. The quantitative estimate of drug-likeness (QED) is 0.709. The van der Waals surface area contributed by atoms with Gasteiger partial charge in [0.05, 0.1) is 0 Å². The van der Waals surface area contributed by atoms with E-state index < -0.39 is 0 Å². The van der Waals surface area contributed by atoms with Gasteiger partial charge in [-0.05, 0) is 32.0 Å². The third-order valence-corrected chi connectivity index (χ3v) is 2.74. The molecule has 0 aromatic heterocycles. The first-order chi connectivity index (χ1) is 6.75. The van der Waals surface area contributed by atoms with Gasteiger partial charge in [-0.15, -0.1) is 0 Å². The molecule has 2 nitrogen and oxygen atoms in total. The van der Waals surface area contributed by atoms with Crippen molar-refractivity contribution >= 4 is 0 Å². The Morgan fingerprint density at radius 2 is 2.14 bits per heavy atom. The van der Waals surface area contributed by atoms with E-state index in [9.17, 15) is 0 Å². The van der Waals surface area contributed by atoms with Crippen LogP contribution in [0, 0.1) is 6.92 Å². The molecule has 2 heteroatoms. The van der Waals surface area contributed by atoms with Crippen LogP contribution in [0.3, 0.4) is 0 Å². The second-order valence-electron chi connectivity index (χ2n) is 4.06. The summed E-state index contributed by atoms with van der Waals surface area (Å²) in [7, 11) is 2.14. The average molecular weight is 191 g/mol. The van der Waals surface area contributed by atoms with E-state index in [4.69, 9.17) is 4.74 Å². The molecule has 0 amide bonds. The molecule has 1 heterocycles. The van der Waals surface area contributed by atoms with Crippen LogP contribution in [0.25, 0.3) is 0 Å². The first kappa shape index (κ1) is 9.53. The van der Waals surface area contributed by atoms with Gasteiger partial charge in [-0.3, -0.25) is 0 Å². The first-order valence-corrected chi connectivity index (χ1v) is 5.16. The summed E-state index contributed by atoms with van der Waals surface area (Å²) in [6.07, 6.45) is 1.52. The van der Waals surface area contributed by atoms with Crippen molar-refractivity contribution in [3.05, 3.63) is 29.8 Å². The van der Waals surface area contributed by atoms with Gasteiger partial charge in [0.1, 0.15) is 11.9 Å². The van der Waals surface area contributed by atoms with Gasteiger partial charge in [0.15, 0.2) is 0 Å². The minimum Gasteiger partial charge on any atom is -0.489 e. The molecule has 2 rings (SSSR count). The van der Waals surface area contributed by atoms with Crippen molar-refractivity contribution in [1.82, 2.24) is 4.90 Å². The smallest absolute Gasteiger partial charge is 0.122 e. The maximum atomic E-state index is 5.93. The summed E-state index contributed by atoms with van der Waals surface area (Å²) in [6.45, 7) is 4.29. The second-order valence-corrected chi connectivity index (χ2v) is 4.06. The van der Waals surface area contributed by atoms with Crippen molar-refractivity contribution in [2.45, 2.75) is 19.4 Å². The normalized spacial score (nSPS) is 22.6. The van der Waals surface area contributed by atoms with Crippen molar-refractivity contribution in [1.29, 1.82) is 0 Å². The van der Waals surface area contributed by atoms with Crippen molar-refractivity contribution in [3.8, 4) is 5.75 Å². The van der Waals surface area contributed by atoms with E-state index in [1.54, 1.807) is 0 Å². The van der Waals surface area contributed by atoms with Crippen LogP contribution in [0.5, 0.6) is 5.75 Å². The van der Waals surface area contributed by atoms with Crippen LogP contribution >= 0.6 is 0 Å². The van der Waals surface area contributed by atoms with Gasteiger partial charge in [0.2, 0.25) is 0 Å². The SMILES string of the molecule is Cc1ccccc1O[C@@H]1CCN(C)C1. The number of nitrogens with zero attached hydrogens (tertiary/aromatic N) is 1. The highest BCUT2D eigenvalue weighted by molar-refractivity contribution is 5.32. The number of likely N-dealkylation sites (tertiary alicyclic amines) is 1. The van der Waals surface area contributed by atoms with E-state index in [0.717, 1.165) is 25.3 Å². The van der Waals surface area contributed by atoms with Gasteiger partial charge in [-0.1, -0.05) is 18.2 Å². The lowest BCUT2D eigenvalue weighted by Gasteiger charge is -2.15. The lowest BCUT2D eigenvalue weighted by molar-refractivity contribution is 0.207. The van der Waals surface area contributed by atoms with Crippen molar-refractivity contribution < 1.29 is 4.74 Å². The van der Waals surface area contributed by atoms with Gasteiger partial charge < -0.3 is 9.64 Å². The number of rotatable bonds is 2. The lowest BCUT2D eigenvalue weighted by Crippen LogP contribution is -2.21. The van der Waals surface area contributed by atoms with Crippen molar-refractivity contribution in [2.24, 2.45) is 0 Å². The molecule has 0 radical (unpaired) electrons. The highest BCUT2D eigenvalue weighted by Crippen LogP contribution is 2.21. The van der Waals surface area contributed by atoms with Crippen molar-refractivity contribution in [3.63, 3.8) is 0 Å². The fourth-order valence-electron chi connectivity index (χ4n) is 1.86. The van der Waals surface area contributed by atoms with Gasteiger partial charge in [0, 0.05) is 13.1 Å². The topological polar surface area (TPSA) is 12.5 Å². The summed E-state index contributed by atoms with van der Waals surface area (Å²) >= 11 is 0. The molecular weight excluding hydrogens is 174 g/mol. The van der Waals surface area contributed by atoms with Crippen LogP contribution in [-0.2, 0) is 0 Å². The molecule has 0 aliphatic carbocycles. The Labute approximate surface area is 85.5 Å². The Kier molecular flexibility index (Phi) is 2.73. The summed E-state index contributed by atoms with van der Waals surface area (Å²) < 4.78 is 5.93. The van der Waals surface area contributed by atoms with E-state index in [1.165, 1.54) is 5.56 Å². The molecule has 1 saturated heterocycles. The van der Waals surface area contributed by atoms with E-state index in [1.807, 2.05) is 18.2 Å². The maximum Gasteiger partial charge on any atom is 0.122 e. The number of hydrogen-bond acceptors (Lipinski definition) is 2. The first-order valence-electron chi connectivity index (χ1n) is 5.16. The molecule has 1 aromatic rings. The molecule has 1 fully saturated rings. The molecule has 0 unspecified atom stereocenters. The molecule has 1 aliphatic heterocycles. The van der Waals surface area contributed by atoms with Crippen molar-refractivity contribution in [2.75, 3.05) is 20.1 Å². The summed E-state index contributed by atoms with van der Waals surface area (Å²) in [4.78, 5) is 2.31. The zero-order valence-electron chi connectivity index (χ0n) is 8.86. The van der Waals surface area contributed by atoms with Crippen LogP contribution in [-0.4, -0.2) is 31.1 Å². The van der Waals surface area contributed by atoms with E-state index in [2.05, 4.69) is 24.9 Å². The van der Waals surface area contributed by atoms with E-state index in [-0.39, 0.29) is 0 Å². The zero-order chi connectivity index (χ0) is 9.97. The summed E-state index contributed by atoms with van der Waals surface area (Å²) in [6, 6.07) is 8.21. The molecule has 0 N–H and O–H groups in total. The predicted molar refractivity (Wildman–Crippen MR) is 57.7 cm³/mol. The summed E-state index contributed by atoms with van der Waals surface area (Å²) in [5.74, 6) is 1.04. The third kappa shape index (κ3) is 2.07. The predicted octanol–water partition coefficient (Wildman–Crippen LogP) is 2.08. The molecule has 14 heavy (non-hydrogen) atoms. The van der Waals surface area contributed by atoms with Crippen LogP contribution in [0.4, 0.5) is 0 Å². The molecule has 0 spiro atoms. The van der Waals surface area contributed by atoms with Gasteiger partial charge in [-0.25, -0.2) is 0 Å². The fourth-order valence-corrected chi connectivity index (χ4v) is 1.86. The number of ether oxygens (including phenoxy) is 1. The molecule has 0 saturated carbocycles. The number of likely N-dealkylation sites (N-methyl/N-ethyl adjacent to an activating group) is 1. The van der Waals surface area contributed by atoms with Gasteiger partial charge >= 0.3 is 0 Å². The highest BCUT2D eigenvalue weighted by Gasteiger charge is 2.21. The zero-order valence-corrected chi connectivity index (χ0v) is 8.86. The molecular formula is C12H17NO. The largest absolute Gasteiger partial charge is 0.489 e. The molecule has 1 aliphatic rings. The number of aryl methyl sites for hydroxylation is 1. The standard InChI is InChI=1S/C12H17NO/c1-10-5-3-4-6-12(10)14-11-7-8-13(2)9-11/h3-6,11H,7-9H2,1-2H3/t11-/m1/s1. The van der Waals surface area contributed by atoms with Crippen LogP contribution < -0.4 is 4.74 Å². The summed E-state index contributed by atoms with van der Waals surface area (Å²) in [5.41, 5.74) is 1.22. The molecule has 1 aromatic carbocycles. The Morgan fingerprint density at radius 3 is 2.79 bits per heavy atom. The highest BCUT2D eigenvalue weighted by atomic mass is 16.5. The Balaban J connectivity index is 2.01. The summed E-state index contributed by atoms with van der Waals surface area (Å²) in [5, 5.41) is 0. The average Bonchev–Trinajstić information content (AvgIpc) is 2.56. The van der Waals surface area contributed by atoms with Crippen LogP contribution in [0.2, 0.25) is 0 Å². The number of para-hydroxylation sites is 1.